The molecule has 1 heterocycles. The summed E-state index contributed by atoms with van der Waals surface area (Å²) in [5, 5.41) is 8.96. The van der Waals surface area contributed by atoms with Crippen molar-refractivity contribution in [1.29, 1.82) is 0 Å². The zero-order valence-corrected chi connectivity index (χ0v) is 22.6. The summed E-state index contributed by atoms with van der Waals surface area (Å²) in [6.45, 7) is 5.82. The van der Waals surface area contributed by atoms with Crippen molar-refractivity contribution in [2.75, 3.05) is 27.4 Å². The highest BCUT2D eigenvalue weighted by atomic mass is 16.6. The van der Waals surface area contributed by atoms with Gasteiger partial charge in [-0.2, -0.15) is 0 Å². The van der Waals surface area contributed by atoms with Gasteiger partial charge in [0.25, 0.3) is 5.91 Å². The van der Waals surface area contributed by atoms with Gasteiger partial charge in [-0.3, -0.25) is 15.0 Å². The average Bonchev–Trinajstić information content (AvgIpc) is 3.28. The van der Waals surface area contributed by atoms with E-state index < -0.39 is 29.1 Å². The van der Waals surface area contributed by atoms with Crippen LogP contribution in [0.4, 0.5) is 0 Å². The number of nitrogens with zero attached hydrogens (tertiary/aromatic N) is 1. The number of carbonyl (C=O) groups excluding carboxylic acids is 2. The van der Waals surface area contributed by atoms with Crippen LogP contribution in [0.1, 0.15) is 57.3 Å². The van der Waals surface area contributed by atoms with E-state index in [4.69, 9.17) is 29.0 Å². The van der Waals surface area contributed by atoms with E-state index in [0.29, 0.717) is 35.7 Å². The molecule has 3 N–H and O–H groups in total. The minimum atomic E-state index is -1.47. The molecule has 1 aliphatic heterocycles. The molecule has 0 spiro atoms. The van der Waals surface area contributed by atoms with Crippen molar-refractivity contribution in [1.82, 2.24) is 10.9 Å². The molecule has 1 amide bonds. The second kappa shape index (κ2) is 12.7. The number of aliphatic hydroxyl groups excluding tert-OH is 1. The number of esters is 1. The van der Waals surface area contributed by atoms with E-state index in [2.05, 4.69) is 10.9 Å². The first-order chi connectivity index (χ1) is 18.1. The summed E-state index contributed by atoms with van der Waals surface area (Å²) in [6.07, 6.45) is -0.319. The first kappa shape index (κ1) is 28.9. The van der Waals surface area contributed by atoms with Crippen molar-refractivity contribution in [3.63, 3.8) is 0 Å². The van der Waals surface area contributed by atoms with Crippen molar-refractivity contribution >= 4 is 17.8 Å². The van der Waals surface area contributed by atoms with Crippen LogP contribution < -0.4 is 20.3 Å². The van der Waals surface area contributed by atoms with Crippen molar-refractivity contribution < 1.29 is 33.6 Å². The largest absolute Gasteiger partial charge is 0.497 e. The third-order valence-corrected chi connectivity index (χ3v) is 5.80. The van der Waals surface area contributed by atoms with Gasteiger partial charge in [0.1, 0.15) is 17.1 Å². The van der Waals surface area contributed by atoms with Gasteiger partial charge in [-0.15, -0.1) is 0 Å². The standard InChI is InChI=1S/C28H37N3O7/c1-27(2,3)38-23(33)14-15-28(26(34)31-29-4)24(20-8-6-9-22(18-20)35-5)37-25(30-28)19-10-12-21(13-11-19)36-17-7-16-32/h6,8-13,18,24,29,32H,7,14-17H2,1-5H3,(H,31,34)/t24-,28-/m0/s1. The number of amides is 1. The van der Waals surface area contributed by atoms with Crippen molar-refractivity contribution in [2.24, 2.45) is 4.99 Å². The zero-order valence-electron chi connectivity index (χ0n) is 22.6. The van der Waals surface area contributed by atoms with Crippen LogP contribution in [0, 0.1) is 0 Å². The molecule has 0 unspecified atom stereocenters. The summed E-state index contributed by atoms with van der Waals surface area (Å²) < 4.78 is 22.9. The molecule has 10 heteroatoms. The fourth-order valence-corrected chi connectivity index (χ4v) is 4.08. The molecule has 0 radical (unpaired) electrons. The van der Waals surface area contributed by atoms with Crippen molar-refractivity contribution in [2.45, 2.75) is 57.3 Å². The minimum Gasteiger partial charge on any atom is -0.497 e. The molecule has 0 aromatic heterocycles. The number of hydrazine groups is 1. The molecular formula is C28H37N3O7. The van der Waals surface area contributed by atoms with Crippen LogP contribution in [-0.2, 0) is 19.1 Å². The Hall–Kier alpha value is -3.63. The zero-order chi connectivity index (χ0) is 27.8. The molecule has 2 aromatic rings. The fourth-order valence-electron chi connectivity index (χ4n) is 4.08. The monoisotopic (exact) mass is 527 g/mol. The number of rotatable bonds is 12. The number of carbonyl (C=O) groups is 2. The average molecular weight is 528 g/mol. The molecule has 0 aliphatic carbocycles. The van der Waals surface area contributed by atoms with E-state index in [1.807, 2.05) is 12.1 Å². The number of hydrogen-bond donors (Lipinski definition) is 3. The Morgan fingerprint density at radius 3 is 2.50 bits per heavy atom. The van der Waals surface area contributed by atoms with Gasteiger partial charge < -0.3 is 24.1 Å². The van der Waals surface area contributed by atoms with Crippen molar-refractivity contribution in [3.8, 4) is 11.5 Å². The molecule has 2 aromatic carbocycles. The van der Waals surface area contributed by atoms with Gasteiger partial charge in [0.15, 0.2) is 11.6 Å². The SMILES string of the molecule is CNNC(=O)[C@@]1(CCC(=O)OC(C)(C)C)N=C(c2ccc(OCCCO)cc2)O[C@H]1c1cccc(OC)c1. The smallest absolute Gasteiger partial charge is 0.306 e. The molecule has 0 bridgehead atoms. The van der Waals surface area contributed by atoms with Gasteiger partial charge in [0, 0.05) is 32.1 Å². The molecule has 0 saturated carbocycles. The van der Waals surface area contributed by atoms with E-state index in [1.165, 1.54) is 0 Å². The number of aliphatic imine (C=N–C) groups is 1. The Bertz CT molecular complexity index is 1130. The summed E-state index contributed by atoms with van der Waals surface area (Å²) in [5.41, 5.74) is 4.49. The quantitative estimate of drug-likeness (QED) is 0.218. The molecule has 206 valence electrons. The van der Waals surface area contributed by atoms with Gasteiger partial charge in [-0.25, -0.2) is 10.4 Å². The number of hydrogen-bond acceptors (Lipinski definition) is 9. The number of ether oxygens (including phenoxy) is 4. The highest BCUT2D eigenvalue weighted by molar-refractivity contribution is 6.01. The molecule has 0 fully saturated rings. The van der Waals surface area contributed by atoms with Crippen LogP contribution in [0.15, 0.2) is 53.5 Å². The highest BCUT2D eigenvalue weighted by Crippen LogP contribution is 2.44. The van der Waals surface area contributed by atoms with Gasteiger partial charge in [-0.1, -0.05) is 12.1 Å². The molecule has 2 atom stereocenters. The molecule has 3 rings (SSSR count). The minimum absolute atomic E-state index is 0.0448. The topological polar surface area (TPSA) is 128 Å². The maximum Gasteiger partial charge on any atom is 0.306 e. The fraction of sp³-hybridized carbons (Fsp3) is 0.464. The Morgan fingerprint density at radius 1 is 1.13 bits per heavy atom. The van der Waals surface area contributed by atoms with Crippen LogP contribution in [0.3, 0.4) is 0 Å². The number of aliphatic hydroxyl groups is 1. The Morgan fingerprint density at radius 2 is 1.87 bits per heavy atom. The Balaban J connectivity index is 2.01. The summed E-state index contributed by atoms with van der Waals surface area (Å²) in [5.74, 6) is 0.602. The van der Waals surface area contributed by atoms with Gasteiger partial charge in [-0.05, 0) is 69.2 Å². The first-order valence-electron chi connectivity index (χ1n) is 12.6. The number of benzene rings is 2. The van der Waals surface area contributed by atoms with Crippen LogP contribution in [0.25, 0.3) is 0 Å². The molecule has 10 nitrogen and oxygen atoms in total. The highest BCUT2D eigenvalue weighted by Gasteiger charge is 2.53. The van der Waals surface area contributed by atoms with E-state index >= 15 is 0 Å². The lowest BCUT2D eigenvalue weighted by molar-refractivity contribution is -0.155. The Kier molecular flexibility index (Phi) is 9.71. The van der Waals surface area contributed by atoms with Gasteiger partial charge in [0.2, 0.25) is 5.90 Å². The van der Waals surface area contributed by atoms with Crippen molar-refractivity contribution in [3.05, 3.63) is 59.7 Å². The van der Waals surface area contributed by atoms with Crippen LogP contribution >= 0.6 is 0 Å². The molecular weight excluding hydrogens is 490 g/mol. The van der Waals surface area contributed by atoms with Crippen LogP contribution in [0.2, 0.25) is 0 Å². The van der Waals surface area contributed by atoms with Gasteiger partial charge >= 0.3 is 5.97 Å². The summed E-state index contributed by atoms with van der Waals surface area (Å²) >= 11 is 0. The second-order valence-electron chi connectivity index (χ2n) is 9.86. The van der Waals surface area contributed by atoms with E-state index in [1.54, 1.807) is 71.3 Å². The lowest BCUT2D eigenvalue weighted by Crippen LogP contribution is -2.52. The predicted octanol–water partition coefficient (Wildman–Crippen LogP) is 3.09. The van der Waals surface area contributed by atoms with Crippen LogP contribution in [-0.4, -0.2) is 61.4 Å². The predicted molar refractivity (Wildman–Crippen MR) is 142 cm³/mol. The lowest BCUT2D eigenvalue weighted by atomic mass is 9.83. The summed E-state index contributed by atoms with van der Waals surface area (Å²) in [7, 11) is 3.14. The normalized spacial score (nSPS) is 18.8. The van der Waals surface area contributed by atoms with Crippen LogP contribution in [0.5, 0.6) is 11.5 Å². The summed E-state index contributed by atoms with van der Waals surface area (Å²) in [6, 6.07) is 14.3. The van der Waals surface area contributed by atoms with Gasteiger partial charge in [0.05, 0.1) is 13.7 Å². The van der Waals surface area contributed by atoms with E-state index in [-0.39, 0.29) is 25.3 Å². The molecule has 38 heavy (non-hydrogen) atoms. The first-order valence-corrected chi connectivity index (χ1v) is 12.6. The number of methoxy groups -OCH3 is 1. The Labute approximate surface area is 223 Å². The second-order valence-corrected chi connectivity index (χ2v) is 9.86. The van der Waals surface area contributed by atoms with E-state index in [0.717, 1.165) is 0 Å². The van der Waals surface area contributed by atoms with E-state index in [9.17, 15) is 9.59 Å². The maximum atomic E-state index is 13.6. The molecule has 0 saturated heterocycles. The summed E-state index contributed by atoms with van der Waals surface area (Å²) in [4.78, 5) is 31.1. The number of nitrogens with one attached hydrogen (secondary N) is 2. The third kappa shape index (κ3) is 7.23. The lowest BCUT2D eigenvalue weighted by Gasteiger charge is -2.30. The third-order valence-electron chi connectivity index (χ3n) is 5.80. The maximum absolute atomic E-state index is 13.6. The molecule has 1 aliphatic rings.